The van der Waals surface area contributed by atoms with E-state index in [0.717, 1.165) is 12.0 Å². The van der Waals surface area contributed by atoms with Crippen LogP contribution in [0.3, 0.4) is 0 Å². The number of fused-ring (bicyclic) bond motifs is 1. The van der Waals surface area contributed by atoms with Gasteiger partial charge >= 0.3 is 12.1 Å². The summed E-state index contributed by atoms with van der Waals surface area (Å²) in [5.74, 6) is -2.92. The molecule has 1 unspecified atom stereocenters. The van der Waals surface area contributed by atoms with E-state index >= 15 is 0 Å². The summed E-state index contributed by atoms with van der Waals surface area (Å²) in [7, 11) is 0. The van der Waals surface area contributed by atoms with Gasteiger partial charge in [0.2, 0.25) is 11.3 Å². The molecule has 0 spiro atoms. The third-order valence-electron chi connectivity index (χ3n) is 5.35. The molecular weight excluding hydrogens is 445 g/mol. The number of rotatable bonds is 4. The molecule has 1 fully saturated rings. The van der Waals surface area contributed by atoms with Crippen molar-refractivity contribution in [3.63, 3.8) is 0 Å². The molecule has 1 aromatic heterocycles. The fourth-order valence-corrected chi connectivity index (χ4v) is 3.53. The number of aromatic amines is 1. The maximum absolute atomic E-state index is 12.3. The number of H-pyrrole nitrogens is 1. The van der Waals surface area contributed by atoms with E-state index in [-0.39, 0.29) is 34.8 Å². The number of amides is 2. The fraction of sp³-hybridized carbons (Fsp3) is 0.381. The van der Waals surface area contributed by atoms with E-state index in [1.807, 2.05) is 18.2 Å². The highest BCUT2D eigenvalue weighted by atomic mass is 19.4. The summed E-state index contributed by atoms with van der Waals surface area (Å²) in [6.07, 6.45) is -4.29. The van der Waals surface area contributed by atoms with Crippen LogP contribution in [0.4, 0.5) is 13.2 Å². The van der Waals surface area contributed by atoms with Gasteiger partial charge in [-0.25, -0.2) is 4.79 Å². The van der Waals surface area contributed by atoms with E-state index in [0.29, 0.717) is 25.3 Å². The standard InChI is InChI=1S/C19H20N4O3.C2HF3O2/c1-11-6-16(24)17(22-21-11)19(26)23-9-12(10-23)8-20-18(25)15-7-13-4-2-3-5-14(13)15;3-2(4,5)1(6)7/h2-6,12,15H,7-10H2,1H3,(H,20,25)(H,21,24);(H,6,7). The van der Waals surface area contributed by atoms with Gasteiger partial charge in [-0.15, -0.1) is 0 Å². The number of halogens is 3. The first-order chi connectivity index (χ1) is 15.5. The number of aliphatic carboxylic acids is 1. The van der Waals surface area contributed by atoms with Gasteiger partial charge in [-0.1, -0.05) is 24.3 Å². The number of alkyl halides is 3. The number of carbonyl (C=O) groups is 3. The summed E-state index contributed by atoms with van der Waals surface area (Å²) in [5, 5.41) is 16.6. The SMILES string of the molecule is Cc1cc(=O)c(C(=O)N2CC(CNC(=O)C3Cc4ccccc43)C2)n[nH]1.O=C(O)C(F)(F)F. The lowest BCUT2D eigenvalue weighted by Gasteiger charge is -2.39. The number of likely N-dealkylation sites (tertiary alicyclic amines) is 1. The fourth-order valence-electron chi connectivity index (χ4n) is 3.53. The van der Waals surface area contributed by atoms with Crippen molar-refractivity contribution in [1.29, 1.82) is 0 Å². The molecule has 4 rings (SSSR count). The number of nitrogens with one attached hydrogen (secondary N) is 2. The van der Waals surface area contributed by atoms with Crippen LogP contribution in [0.1, 0.15) is 33.2 Å². The lowest BCUT2D eigenvalue weighted by atomic mass is 9.77. The number of nitrogens with zero attached hydrogens (tertiary/aromatic N) is 2. The maximum atomic E-state index is 12.3. The average molecular weight is 466 g/mol. The number of aromatic nitrogens is 2. The molecule has 2 aliphatic rings. The van der Waals surface area contributed by atoms with Gasteiger partial charge in [-0.05, 0) is 24.5 Å². The van der Waals surface area contributed by atoms with Gasteiger partial charge in [0, 0.05) is 37.3 Å². The number of carboxylic acid groups (broad SMARTS) is 1. The lowest BCUT2D eigenvalue weighted by Crippen LogP contribution is -2.55. The lowest BCUT2D eigenvalue weighted by molar-refractivity contribution is -0.192. The molecule has 9 nitrogen and oxygen atoms in total. The van der Waals surface area contributed by atoms with Crippen LogP contribution in [0.5, 0.6) is 0 Å². The van der Waals surface area contributed by atoms with E-state index < -0.39 is 12.1 Å². The molecule has 0 bridgehead atoms. The van der Waals surface area contributed by atoms with Crippen molar-refractivity contribution in [2.75, 3.05) is 19.6 Å². The molecule has 0 saturated carbocycles. The van der Waals surface area contributed by atoms with Crippen LogP contribution in [0.15, 0.2) is 35.1 Å². The smallest absolute Gasteiger partial charge is 0.475 e. The highest BCUT2D eigenvalue weighted by molar-refractivity contribution is 5.92. The predicted octanol–water partition coefficient (Wildman–Crippen LogP) is 1.24. The van der Waals surface area contributed by atoms with Crippen molar-refractivity contribution in [3.8, 4) is 0 Å². The Morgan fingerprint density at radius 2 is 1.88 bits per heavy atom. The summed E-state index contributed by atoms with van der Waals surface area (Å²) in [4.78, 5) is 46.9. The Bertz CT molecular complexity index is 1130. The van der Waals surface area contributed by atoms with Crippen molar-refractivity contribution in [2.24, 2.45) is 5.92 Å². The number of hydrogen-bond acceptors (Lipinski definition) is 5. The van der Waals surface area contributed by atoms with Gasteiger partial charge < -0.3 is 15.3 Å². The quantitative estimate of drug-likeness (QED) is 0.621. The minimum Gasteiger partial charge on any atom is -0.475 e. The van der Waals surface area contributed by atoms with E-state index in [1.54, 1.807) is 11.8 Å². The molecule has 1 aliphatic carbocycles. The van der Waals surface area contributed by atoms with Gasteiger partial charge in [-0.3, -0.25) is 19.5 Å². The van der Waals surface area contributed by atoms with Crippen LogP contribution in [0.25, 0.3) is 0 Å². The zero-order valence-corrected chi connectivity index (χ0v) is 17.5. The molecule has 33 heavy (non-hydrogen) atoms. The van der Waals surface area contributed by atoms with Crippen molar-refractivity contribution >= 4 is 17.8 Å². The van der Waals surface area contributed by atoms with Gasteiger partial charge in [0.05, 0.1) is 5.92 Å². The third-order valence-corrected chi connectivity index (χ3v) is 5.35. The molecule has 1 atom stereocenters. The highest BCUT2D eigenvalue weighted by Crippen LogP contribution is 2.34. The van der Waals surface area contributed by atoms with E-state index in [2.05, 4.69) is 21.6 Å². The van der Waals surface area contributed by atoms with Gasteiger partial charge in [0.15, 0.2) is 5.69 Å². The number of aryl methyl sites for hydroxylation is 1. The van der Waals surface area contributed by atoms with Crippen LogP contribution in [0, 0.1) is 12.8 Å². The minimum atomic E-state index is -5.08. The van der Waals surface area contributed by atoms with Crippen molar-refractivity contribution in [3.05, 3.63) is 63.1 Å². The van der Waals surface area contributed by atoms with Gasteiger partial charge in [-0.2, -0.15) is 18.3 Å². The Morgan fingerprint density at radius 1 is 1.24 bits per heavy atom. The Balaban J connectivity index is 0.000000383. The second kappa shape index (κ2) is 9.43. The predicted molar refractivity (Wildman–Crippen MR) is 109 cm³/mol. The molecule has 1 aromatic carbocycles. The van der Waals surface area contributed by atoms with Crippen molar-refractivity contribution in [2.45, 2.75) is 25.4 Å². The van der Waals surface area contributed by atoms with Gasteiger partial charge in [0.1, 0.15) is 0 Å². The molecule has 176 valence electrons. The van der Waals surface area contributed by atoms with Crippen LogP contribution >= 0.6 is 0 Å². The highest BCUT2D eigenvalue weighted by Gasteiger charge is 2.38. The first-order valence-corrected chi connectivity index (χ1v) is 9.98. The van der Waals surface area contributed by atoms with E-state index in [9.17, 15) is 27.6 Å². The molecule has 12 heteroatoms. The van der Waals surface area contributed by atoms with Gasteiger partial charge in [0.25, 0.3) is 5.91 Å². The summed E-state index contributed by atoms with van der Waals surface area (Å²) < 4.78 is 31.7. The monoisotopic (exact) mass is 466 g/mol. The molecule has 1 saturated heterocycles. The Kier molecular flexibility index (Phi) is 6.84. The summed E-state index contributed by atoms with van der Waals surface area (Å²) >= 11 is 0. The van der Waals surface area contributed by atoms with Crippen LogP contribution in [-0.4, -0.2) is 63.8 Å². The molecule has 2 aromatic rings. The topological polar surface area (TPSA) is 132 Å². The van der Waals surface area contributed by atoms with Crippen LogP contribution in [0.2, 0.25) is 0 Å². The first kappa shape index (κ1) is 24.0. The summed E-state index contributed by atoms with van der Waals surface area (Å²) in [6, 6.07) is 9.36. The molecule has 2 amide bonds. The van der Waals surface area contributed by atoms with Crippen LogP contribution < -0.4 is 10.7 Å². The maximum Gasteiger partial charge on any atom is 0.490 e. The Morgan fingerprint density at radius 3 is 2.45 bits per heavy atom. The molecule has 0 radical (unpaired) electrons. The number of carbonyl (C=O) groups excluding carboxylic acids is 2. The Hall–Kier alpha value is -3.70. The minimum absolute atomic E-state index is 0.0464. The molecule has 1 aliphatic heterocycles. The summed E-state index contributed by atoms with van der Waals surface area (Å²) in [6.45, 7) is 3.30. The number of benzene rings is 1. The zero-order chi connectivity index (χ0) is 24.3. The van der Waals surface area contributed by atoms with E-state index in [1.165, 1.54) is 11.6 Å². The Labute approximate surface area is 185 Å². The van der Waals surface area contributed by atoms with Crippen molar-refractivity contribution in [1.82, 2.24) is 20.4 Å². The summed E-state index contributed by atoms with van der Waals surface area (Å²) in [5.41, 5.74) is 2.52. The number of carboxylic acids is 1. The second-order valence-corrected chi connectivity index (χ2v) is 7.84. The largest absolute Gasteiger partial charge is 0.490 e. The second-order valence-electron chi connectivity index (χ2n) is 7.84. The van der Waals surface area contributed by atoms with Crippen molar-refractivity contribution < 1.29 is 32.7 Å². The normalized spacial score (nSPS) is 17.0. The zero-order valence-electron chi connectivity index (χ0n) is 17.5. The van der Waals surface area contributed by atoms with E-state index in [4.69, 9.17) is 9.90 Å². The molecular formula is C21H21F3N4O5. The first-order valence-electron chi connectivity index (χ1n) is 9.98. The third kappa shape index (κ3) is 5.57. The molecule has 2 heterocycles. The molecule has 3 N–H and O–H groups in total. The number of hydrogen-bond donors (Lipinski definition) is 3. The average Bonchev–Trinajstić information content (AvgIpc) is 2.67. The van der Waals surface area contributed by atoms with Crippen LogP contribution in [-0.2, 0) is 16.0 Å².